The standard InChI is InChI=1S/C19H17ClN2O2/c1-12-16(20)7-5-8-17(12)21-19(24)10-22-13(2)15(11-23)14-6-3-4-9-18(14)22/h3-9,11H,10H2,1-2H3,(H,21,24). The number of aromatic nitrogens is 1. The molecule has 1 aromatic heterocycles. The third-order valence-corrected chi connectivity index (χ3v) is 4.65. The molecular weight excluding hydrogens is 324 g/mol. The van der Waals surface area contributed by atoms with Crippen molar-refractivity contribution >= 4 is 40.4 Å². The minimum absolute atomic E-state index is 0.131. The molecule has 5 heteroatoms. The molecule has 0 saturated carbocycles. The third kappa shape index (κ3) is 2.81. The van der Waals surface area contributed by atoms with Gasteiger partial charge in [0.05, 0.1) is 0 Å². The van der Waals surface area contributed by atoms with E-state index in [1.165, 1.54) is 0 Å². The Morgan fingerprint density at radius 2 is 1.92 bits per heavy atom. The monoisotopic (exact) mass is 340 g/mol. The van der Waals surface area contributed by atoms with E-state index < -0.39 is 0 Å². The number of para-hydroxylation sites is 1. The Bertz CT molecular complexity index is 944. The van der Waals surface area contributed by atoms with Crippen molar-refractivity contribution in [2.75, 3.05) is 5.32 Å². The van der Waals surface area contributed by atoms with Crippen LogP contribution in [0.25, 0.3) is 10.9 Å². The summed E-state index contributed by atoms with van der Waals surface area (Å²) in [5.74, 6) is -0.165. The van der Waals surface area contributed by atoms with Gasteiger partial charge in [-0.2, -0.15) is 0 Å². The maximum Gasteiger partial charge on any atom is 0.244 e. The van der Waals surface area contributed by atoms with Crippen LogP contribution in [-0.4, -0.2) is 16.8 Å². The van der Waals surface area contributed by atoms with Crippen LogP contribution in [0.4, 0.5) is 5.69 Å². The number of carbonyl (C=O) groups excluding carboxylic acids is 2. The highest BCUT2D eigenvalue weighted by molar-refractivity contribution is 6.31. The first kappa shape index (κ1) is 16.3. The van der Waals surface area contributed by atoms with Crippen molar-refractivity contribution < 1.29 is 9.59 Å². The zero-order chi connectivity index (χ0) is 17.3. The van der Waals surface area contributed by atoms with Crippen LogP contribution in [0.3, 0.4) is 0 Å². The summed E-state index contributed by atoms with van der Waals surface area (Å²) in [6, 6.07) is 13.0. The number of carbonyl (C=O) groups is 2. The van der Waals surface area contributed by atoms with Crippen molar-refractivity contribution in [1.29, 1.82) is 0 Å². The molecule has 0 bridgehead atoms. The lowest BCUT2D eigenvalue weighted by atomic mass is 10.1. The van der Waals surface area contributed by atoms with Crippen LogP contribution in [0.2, 0.25) is 5.02 Å². The highest BCUT2D eigenvalue weighted by atomic mass is 35.5. The molecule has 3 aromatic rings. The molecule has 3 rings (SSSR count). The summed E-state index contributed by atoms with van der Waals surface area (Å²) < 4.78 is 1.86. The minimum Gasteiger partial charge on any atom is -0.335 e. The second kappa shape index (κ2) is 6.49. The van der Waals surface area contributed by atoms with Gasteiger partial charge in [0.15, 0.2) is 6.29 Å². The molecule has 1 heterocycles. The van der Waals surface area contributed by atoms with Crippen molar-refractivity contribution in [3.63, 3.8) is 0 Å². The average molecular weight is 341 g/mol. The number of nitrogens with zero attached hydrogens (tertiary/aromatic N) is 1. The largest absolute Gasteiger partial charge is 0.335 e. The second-order valence-corrected chi connectivity index (χ2v) is 6.09. The summed E-state index contributed by atoms with van der Waals surface area (Å²) in [7, 11) is 0. The van der Waals surface area contributed by atoms with Crippen LogP contribution in [0, 0.1) is 13.8 Å². The van der Waals surface area contributed by atoms with Gasteiger partial charge in [0.2, 0.25) is 5.91 Å². The quantitative estimate of drug-likeness (QED) is 0.717. The summed E-state index contributed by atoms with van der Waals surface area (Å²) in [6.07, 6.45) is 0.840. The van der Waals surface area contributed by atoms with Gasteiger partial charge in [-0.1, -0.05) is 35.9 Å². The smallest absolute Gasteiger partial charge is 0.244 e. The van der Waals surface area contributed by atoms with E-state index in [0.717, 1.165) is 28.4 Å². The lowest BCUT2D eigenvalue weighted by molar-refractivity contribution is -0.116. The number of amides is 1. The van der Waals surface area contributed by atoms with Gasteiger partial charge in [-0.3, -0.25) is 9.59 Å². The SMILES string of the molecule is Cc1c(Cl)cccc1NC(=O)Cn1c(C)c(C=O)c2ccccc21. The van der Waals surface area contributed by atoms with Crippen molar-refractivity contribution in [3.05, 3.63) is 64.3 Å². The number of anilines is 1. The molecule has 0 unspecified atom stereocenters. The minimum atomic E-state index is -0.165. The van der Waals surface area contributed by atoms with Crippen LogP contribution in [0.15, 0.2) is 42.5 Å². The van der Waals surface area contributed by atoms with Gasteiger partial charge < -0.3 is 9.88 Å². The fourth-order valence-corrected chi connectivity index (χ4v) is 3.06. The normalized spacial score (nSPS) is 10.8. The van der Waals surface area contributed by atoms with Crippen molar-refractivity contribution in [1.82, 2.24) is 4.57 Å². The van der Waals surface area contributed by atoms with Crippen molar-refractivity contribution in [2.45, 2.75) is 20.4 Å². The van der Waals surface area contributed by atoms with E-state index in [-0.39, 0.29) is 12.5 Å². The highest BCUT2D eigenvalue weighted by Gasteiger charge is 2.15. The van der Waals surface area contributed by atoms with Gasteiger partial charge in [-0.05, 0) is 37.6 Å². The zero-order valence-corrected chi connectivity index (χ0v) is 14.2. The number of halogens is 1. The first-order chi connectivity index (χ1) is 11.5. The molecule has 2 aromatic carbocycles. The molecule has 4 nitrogen and oxygen atoms in total. The maximum atomic E-state index is 12.5. The Morgan fingerprint density at radius 1 is 1.17 bits per heavy atom. The fraction of sp³-hybridized carbons (Fsp3) is 0.158. The van der Waals surface area contributed by atoms with E-state index in [1.807, 2.05) is 48.7 Å². The molecule has 0 fully saturated rings. The number of hydrogen-bond donors (Lipinski definition) is 1. The van der Waals surface area contributed by atoms with E-state index in [2.05, 4.69) is 5.32 Å². The third-order valence-electron chi connectivity index (χ3n) is 4.24. The van der Waals surface area contributed by atoms with Gasteiger partial charge in [-0.15, -0.1) is 0 Å². The number of benzene rings is 2. The Hall–Kier alpha value is -2.59. The number of nitrogens with one attached hydrogen (secondary N) is 1. The molecule has 0 aliphatic heterocycles. The number of hydrogen-bond acceptors (Lipinski definition) is 2. The Morgan fingerprint density at radius 3 is 2.67 bits per heavy atom. The van der Waals surface area contributed by atoms with Crippen LogP contribution < -0.4 is 5.32 Å². The van der Waals surface area contributed by atoms with E-state index >= 15 is 0 Å². The topological polar surface area (TPSA) is 51.1 Å². The maximum absolute atomic E-state index is 12.5. The first-order valence-corrected chi connectivity index (χ1v) is 7.98. The molecular formula is C19H17ClN2O2. The summed E-state index contributed by atoms with van der Waals surface area (Å²) in [5.41, 5.74) is 3.80. The molecule has 1 amide bonds. The molecule has 0 saturated heterocycles. The highest BCUT2D eigenvalue weighted by Crippen LogP contribution is 2.25. The summed E-state index contributed by atoms with van der Waals surface area (Å²) in [4.78, 5) is 23.9. The van der Waals surface area contributed by atoms with Crippen LogP contribution in [0.5, 0.6) is 0 Å². The predicted octanol–water partition coefficient (Wildman–Crippen LogP) is 4.36. The average Bonchev–Trinajstić information content (AvgIpc) is 2.84. The molecule has 0 radical (unpaired) electrons. The Labute approximate surface area is 145 Å². The second-order valence-electron chi connectivity index (χ2n) is 5.68. The van der Waals surface area contributed by atoms with E-state index in [0.29, 0.717) is 16.3 Å². The molecule has 1 N–H and O–H groups in total. The van der Waals surface area contributed by atoms with Crippen LogP contribution in [0.1, 0.15) is 21.6 Å². The van der Waals surface area contributed by atoms with E-state index in [4.69, 9.17) is 11.6 Å². The summed E-state index contributed by atoms with van der Waals surface area (Å²) in [5, 5.41) is 4.35. The fourth-order valence-electron chi connectivity index (χ4n) is 2.89. The van der Waals surface area contributed by atoms with E-state index in [9.17, 15) is 9.59 Å². The predicted molar refractivity (Wildman–Crippen MR) is 96.9 cm³/mol. The molecule has 0 aliphatic carbocycles. The number of fused-ring (bicyclic) bond motifs is 1. The van der Waals surface area contributed by atoms with Crippen LogP contribution >= 0.6 is 11.6 Å². The Balaban J connectivity index is 1.93. The van der Waals surface area contributed by atoms with Gasteiger partial charge in [0, 0.05) is 32.9 Å². The van der Waals surface area contributed by atoms with Crippen LogP contribution in [-0.2, 0) is 11.3 Å². The van der Waals surface area contributed by atoms with Gasteiger partial charge >= 0.3 is 0 Å². The van der Waals surface area contributed by atoms with E-state index in [1.54, 1.807) is 12.1 Å². The summed E-state index contributed by atoms with van der Waals surface area (Å²) in [6.45, 7) is 3.84. The van der Waals surface area contributed by atoms with Crippen molar-refractivity contribution in [3.8, 4) is 0 Å². The first-order valence-electron chi connectivity index (χ1n) is 7.61. The molecule has 0 atom stereocenters. The lowest BCUT2D eigenvalue weighted by Crippen LogP contribution is -2.20. The molecule has 122 valence electrons. The molecule has 0 spiro atoms. The summed E-state index contributed by atoms with van der Waals surface area (Å²) >= 11 is 6.09. The van der Waals surface area contributed by atoms with Gasteiger partial charge in [-0.25, -0.2) is 0 Å². The van der Waals surface area contributed by atoms with Gasteiger partial charge in [0.1, 0.15) is 6.54 Å². The lowest BCUT2D eigenvalue weighted by Gasteiger charge is -2.12. The molecule has 24 heavy (non-hydrogen) atoms. The Kier molecular flexibility index (Phi) is 4.40. The van der Waals surface area contributed by atoms with Gasteiger partial charge in [0.25, 0.3) is 0 Å². The zero-order valence-electron chi connectivity index (χ0n) is 13.5. The van der Waals surface area contributed by atoms with Crippen molar-refractivity contribution in [2.24, 2.45) is 0 Å². The number of aldehydes is 1. The number of rotatable bonds is 4. The molecule has 0 aliphatic rings.